The average molecular weight is 300 g/mol. The maximum Gasteiger partial charge on any atom is 0.435 e. The topological polar surface area (TPSA) is 80.9 Å². The van der Waals surface area contributed by atoms with E-state index in [9.17, 15) is 18.0 Å². The molecule has 0 saturated carbocycles. The van der Waals surface area contributed by atoms with Gasteiger partial charge in [-0.2, -0.15) is 18.3 Å². The van der Waals surface area contributed by atoms with Crippen molar-refractivity contribution in [3.8, 4) is 5.69 Å². The van der Waals surface area contributed by atoms with Gasteiger partial charge in [-0.3, -0.25) is 0 Å². The number of hydrogen-bond acceptors (Lipinski definition) is 4. The predicted octanol–water partition coefficient (Wildman–Crippen LogP) is 2.50. The Hall–Kier alpha value is -2.45. The Labute approximate surface area is 117 Å². The average Bonchev–Trinajstić information content (AvgIpc) is 2.87. The lowest BCUT2D eigenvalue weighted by Gasteiger charge is -2.09. The molecule has 0 unspecified atom stereocenters. The number of hydrogen-bond donors (Lipinski definition) is 1. The quantitative estimate of drug-likeness (QED) is 0.942. The molecule has 21 heavy (non-hydrogen) atoms. The Balaban J connectivity index is 2.53. The van der Waals surface area contributed by atoms with Gasteiger partial charge in [-0.15, -0.1) is 0 Å². The maximum absolute atomic E-state index is 12.5. The van der Waals surface area contributed by atoms with Crippen molar-refractivity contribution in [2.45, 2.75) is 25.9 Å². The summed E-state index contributed by atoms with van der Waals surface area (Å²) in [4.78, 5) is 19.0. The van der Waals surface area contributed by atoms with Crippen molar-refractivity contribution in [2.24, 2.45) is 0 Å². The minimum Gasteiger partial charge on any atom is -0.476 e. The van der Waals surface area contributed by atoms with E-state index in [1.54, 1.807) is 13.8 Å². The highest BCUT2D eigenvalue weighted by Crippen LogP contribution is 2.28. The molecule has 0 amide bonds. The molecular formula is C12H11F3N4O2. The number of aromatic carboxylic acids is 1. The summed E-state index contributed by atoms with van der Waals surface area (Å²) in [5.41, 5.74) is -1.64. The number of rotatable bonds is 3. The molecule has 0 bridgehead atoms. The Kier molecular flexibility index (Phi) is 3.67. The van der Waals surface area contributed by atoms with E-state index in [0.717, 1.165) is 23.1 Å². The van der Waals surface area contributed by atoms with Crippen molar-refractivity contribution in [3.05, 3.63) is 35.7 Å². The third kappa shape index (κ3) is 3.01. The van der Waals surface area contributed by atoms with Crippen LogP contribution in [0.3, 0.4) is 0 Å². The minimum atomic E-state index is -4.60. The van der Waals surface area contributed by atoms with Gasteiger partial charge >= 0.3 is 12.1 Å². The van der Waals surface area contributed by atoms with Gasteiger partial charge in [0.1, 0.15) is 11.5 Å². The zero-order valence-electron chi connectivity index (χ0n) is 11.1. The number of carboxylic acids is 1. The van der Waals surface area contributed by atoms with E-state index >= 15 is 0 Å². The highest BCUT2D eigenvalue weighted by molar-refractivity contribution is 5.89. The van der Waals surface area contributed by atoms with Crippen LogP contribution >= 0.6 is 0 Å². The van der Waals surface area contributed by atoms with Crippen molar-refractivity contribution < 1.29 is 23.1 Å². The maximum atomic E-state index is 12.5. The van der Waals surface area contributed by atoms with Crippen LogP contribution in [-0.4, -0.2) is 30.8 Å². The van der Waals surface area contributed by atoms with E-state index in [2.05, 4.69) is 15.1 Å². The third-order valence-electron chi connectivity index (χ3n) is 2.63. The lowest BCUT2D eigenvalue weighted by atomic mass is 10.2. The summed E-state index contributed by atoms with van der Waals surface area (Å²) >= 11 is 0. The third-order valence-corrected chi connectivity index (χ3v) is 2.63. The summed E-state index contributed by atoms with van der Waals surface area (Å²) in [5, 5.41) is 12.5. The van der Waals surface area contributed by atoms with Gasteiger partial charge in [0, 0.05) is 12.1 Å². The van der Waals surface area contributed by atoms with Gasteiger partial charge in [0.2, 0.25) is 0 Å². The molecule has 1 N–H and O–H groups in total. The van der Waals surface area contributed by atoms with E-state index in [4.69, 9.17) is 5.11 Å². The Bertz CT molecular complexity index is 679. The first-order valence-electron chi connectivity index (χ1n) is 5.93. The standard InChI is InChI=1S/C12H11F3N4O2/c1-6(2)10-16-5-7(9(17-10)11(20)21)19-4-3-8(18-19)12(13,14)15/h3-6H,1-2H3,(H,20,21). The van der Waals surface area contributed by atoms with Crippen LogP contribution in [0, 0.1) is 0 Å². The molecule has 112 valence electrons. The zero-order chi connectivity index (χ0) is 15.8. The van der Waals surface area contributed by atoms with Crippen LogP contribution in [0.5, 0.6) is 0 Å². The molecule has 0 aliphatic carbocycles. The first-order chi connectivity index (χ1) is 9.70. The highest BCUT2D eigenvalue weighted by Gasteiger charge is 2.34. The number of carbonyl (C=O) groups is 1. The number of nitrogens with zero attached hydrogens (tertiary/aromatic N) is 4. The normalized spacial score (nSPS) is 11.9. The van der Waals surface area contributed by atoms with Crippen LogP contribution in [0.1, 0.15) is 41.8 Å². The largest absolute Gasteiger partial charge is 0.476 e. The van der Waals surface area contributed by atoms with Gasteiger partial charge in [-0.1, -0.05) is 13.8 Å². The number of alkyl halides is 3. The van der Waals surface area contributed by atoms with E-state index in [-0.39, 0.29) is 11.6 Å². The molecule has 0 atom stereocenters. The van der Waals surface area contributed by atoms with Crippen molar-refractivity contribution in [2.75, 3.05) is 0 Å². The van der Waals surface area contributed by atoms with Gasteiger partial charge in [0.25, 0.3) is 0 Å². The zero-order valence-corrected chi connectivity index (χ0v) is 11.1. The fourth-order valence-corrected chi connectivity index (χ4v) is 1.60. The first-order valence-corrected chi connectivity index (χ1v) is 5.93. The fourth-order valence-electron chi connectivity index (χ4n) is 1.60. The van der Waals surface area contributed by atoms with Crippen LogP contribution < -0.4 is 0 Å². The number of aromatic nitrogens is 4. The Morgan fingerprint density at radius 3 is 2.52 bits per heavy atom. The Morgan fingerprint density at radius 1 is 1.38 bits per heavy atom. The summed E-state index contributed by atoms with van der Waals surface area (Å²) in [7, 11) is 0. The summed E-state index contributed by atoms with van der Waals surface area (Å²) < 4.78 is 38.4. The SMILES string of the molecule is CC(C)c1ncc(-n2ccc(C(F)(F)F)n2)c(C(=O)O)n1. The molecule has 2 aromatic rings. The number of halogens is 3. The van der Waals surface area contributed by atoms with Gasteiger partial charge < -0.3 is 5.11 Å². The molecule has 2 rings (SSSR count). The smallest absolute Gasteiger partial charge is 0.435 e. The van der Waals surface area contributed by atoms with E-state index in [0.29, 0.717) is 5.82 Å². The molecule has 0 fully saturated rings. The summed E-state index contributed by atoms with van der Waals surface area (Å²) in [6.45, 7) is 3.55. The molecule has 0 spiro atoms. The first kappa shape index (κ1) is 14.9. The Morgan fingerprint density at radius 2 is 2.05 bits per heavy atom. The molecule has 2 aromatic heterocycles. The fraction of sp³-hybridized carbons (Fsp3) is 0.333. The van der Waals surface area contributed by atoms with Crippen LogP contribution in [0.2, 0.25) is 0 Å². The van der Waals surface area contributed by atoms with Crippen molar-refractivity contribution in [3.63, 3.8) is 0 Å². The van der Waals surface area contributed by atoms with Crippen LogP contribution in [-0.2, 0) is 6.18 Å². The molecule has 6 nitrogen and oxygen atoms in total. The predicted molar refractivity (Wildman–Crippen MR) is 65.2 cm³/mol. The molecule has 0 saturated heterocycles. The second-order valence-electron chi connectivity index (χ2n) is 4.57. The van der Waals surface area contributed by atoms with Gasteiger partial charge in [0.15, 0.2) is 11.4 Å². The van der Waals surface area contributed by atoms with Crippen molar-refractivity contribution >= 4 is 5.97 Å². The molecule has 2 heterocycles. The number of carboxylic acid groups (broad SMARTS) is 1. The molecule has 0 aromatic carbocycles. The lowest BCUT2D eigenvalue weighted by Crippen LogP contribution is -2.13. The molecule has 9 heteroatoms. The van der Waals surface area contributed by atoms with E-state index in [1.807, 2.05) is 0 Å². The molecule has 0 aliphatic rings. The highest BCUT2D eigenvalue weighted by atomic mass is 19.4. The molecule has 0 aliphatic heterocycles. The van der Waals surface area contributed by atoms with Crippen LogP contribution in [0.25, 0.3) is 5.69 Å². The minimum absolute atomic E-state index is 0.111. The molecular weight excluding hydrogens is 289 g/mol. The monoisotopic (exact) mass is 300 g/mol. The van der Waals surface area contributed by atoms with Crippen LogP contribution in [0.4, 0.5) is 13.2 Å². The van der Waals surface area contributed by atoms with Gasteiger partial charge in [0.05, 0.1) is 6.20 Å². The second kappa shape index (κ2) is 5.15. The second-order valence-corrected chi connectivity index (χ2v) is 4.57. The summed E-state index contributed by atoms with van der Waals surface area (Å²) in [6, 6.07) is 0.752. The van der Waals surface area contributed by atoms with E-state index < -0.39 is 23.5 Å². The van der Waals surface area contributed by atoms with Gasteiger partial charge in [-0.05, 0) is 6.07 Å². The van der Waals surface area contributed by atoms with E-state index in [1.165, 1.54) is 0 Å². The van der Waals surface area contributed by atoms with Crippen molar-refractivity contribution in [1.29, 1.82) is 0 Å². The van der Waals surface area contributed by atoms with Crippen molar-refractivity contribution in [1.82, 2.24) is 19.7 Å². The molecule has 0 radical (unpaired) electrons. The van der Waals surface area contributed by atoms with Crippen LogP contribution in [0.15, 0.2) is 18.5 Å². The summed E-state index contributed by atoms with van der Waals surface area (Å²) in [5.74, 6) is -1.18. The lowest BCUT2D eigenvalue weighted by molar-refractivity contribution is -0.141. The summed E-state index contributed by atoms with van der Waals surface area (Å²) in [6.07, 6.45) is -2.44. The van der Waals surface area contributed by atoms with Gasteiger partial charge in [-0.25, -0.2) is 19.4 Å².